The molecule has 1 aliphatic rings. The first-order valence-corrected chi connectivity index (χ1v) is 7.33. The Labute approximate surface area is 115 Å². The van der Waals surface area contributed by atoms with E-state index >= 15 is 0 Å². The van der Waals surface area contributed by atoms with Gasteiger partial charge in [-0.15, -0.1) is 0 Å². The minimum atomic E-state index is -4.42. The Balaban J connectivity index is 2.34. The molecular formula is C12H10BrF3OS. The summed E-state index contributed by atoms with van der Waals surface area (Å²) in [4.78, 5) is 12.1. The predicted molar refractivity (Wildman–Crippen MR) is 68.9 cm³/mol. The zero-order valence-electron chi connectivity index (χ0n) is 9.26. The molecule has 1 unspecified atom stereocenters. The van der Waals surface area contributed by atoms with Crippen molar-refractivity contribution in [1.29, 1.82) is 0 Å². The molecule has 1 aliphatic heterocycles. The molecule has 1 fully saturated rings. The van der Waals surface area contributed by atoms with E-state index in [0.29, 0.717) is 10.2 Å². The number of alkyl halides is 3. The quantitative estimate of drug-likeness (QED) is 0.743. The summed E-state index contributed by atoms with van der Waals surface area (Å²) >= 11 is 4.81. The summed E-state index contributed by atoms with van der Waals surface area (Å²) < 4.78 is 38.3. The van der Waals surface area contributed by atoms with Crippen LogP contribution in [0.3, 0.4) is 0 Å². The standard InChI is InChI=1S/C12H10BrF3OS/c13-10-2-1-8(12(14,15)16)5-9(10)11(17)7-3-4-18-6-7/h1-2,5,7H,3-4,6H2. The number of rotatable bonds is 2. The highest BCUT2D eigenvalue weighted by atomic mass is 79.9. The van der Waals surface area contributed by atoms with Crippen molar-refractivity contribution in [2.75, 3.05) is 11.5 Å². The molecule has 1 aromatic rings. The summed E-state index contributed by atoms with van der Waals surface area (Å²) in [7, 11) is 0. The molecule has 6 heteroatoms. The van der Waals surface area contributed by atoms with Gasteiger partial charge in [0.1, 0.15) is 0 Å². The van der Waals surface area contributed by atoms with Crippen LogP contribution in [0.2, 0.25) is 0 Å². The van der Waals surface area contributed by atoms with Crippen LogP contribution in [-0.2, 0) is 6.18 Å². The SMILES string of the molecule is O=C(c1cc(C(F)(F)F)ccc1Br)C1CCSC1. The van der Waals surface area contributed by atoms with Gasteiger partial charge in [-0.05, 0) is 30.4 Å². The van der Waals surface area contributed by atoms with Crippen molar-refractivity contribution in [3.63, 3.8) is 0 Å². The topological polar surface area (TPSA) is 17.1 Å². The maximum Gasteiger partial charge on any atom is 0.416 e. The molecule has 0 radical (unpaired) electrons. The van der Waals surface area contributed by atoms with Gasteiger partial charge in [0.25, 0.3) is 0 Å². The van der Waals surface area contributed by atoms with Crippen LogP contribution in [0.25, 0.3) is 0 Å². The molecule has 1 saturated heterocycles. The summed E-state index contributed by atoms with van der Waals surface area (Å²) in [6, 6.07) is 3.21. The average Bonchev–Trinajstić information content (AvgIpc) is 2.80. The van der Waals surface area contributed by atoms with Gasteiger partial charge >= 0.3 is 6.18 Å². The number of halogens is 4. The number of thioether (sulfide) groups is 1. The molecular weight excluding hydrogens is 329 g/mol. The number of carbonyl (C=O) groups excluding carboxylic acids is 1. The molecule has 18 heavy (non-hydrogen) atoms. The number of carbonyl (C=O) groups is 1. The zero-order chi connectivity index (χ0) is 13.3. The molecule has 98 valence electrons. The van der Waals surface area contributed by atoms with E-state index in [4.69, 9.17) is 0 Å². The van der Waals surface area contributed by atoms with E-state index in [2.05, 4.69) is 15.9 Å². The monoisotopic (exact) mass is 338 g/mol. The van der Waals surface area contributed by atoms with Gasteiger partial charge < -0.3 is 0 Å². The van der Waals surface area contributed by atoms with E-state index in [-0.39, 0.29) is 17.3 Å². The molecule has 1 nitrogen and oxygen atoms in total. The van der Waals surface area contributed by atoms with E-state index in [1.54, 1.807) is 11.8 Å². The number of benzene rings is 1. The number of hydrogen-bond acceptors (Lipinski definition) is 2. The Bertz CT molecular complexity index is 467. The van der Waals surface area contributed by atoms with Crippen molar-refractivity contribution in [3.8, 4) is 0 Å². The van der Waals surface area contributed by atoms with Gasteiger partial charge in [-0.3, -0.25) is 4.79 Å². The fourth-order valence-corrected chi connectivity index (χ4v) is 3.51. The Morgan fingerprint density at radius 3 is 2.67 bits per heavy atom. The van der Waals surface area contributed by atoms with Crippen molar-refractivity contribution >= 4 is 33.5 Å². The highest BCUT2D eigenvalue weighted by Gasteiger charge is 2.33. The third kappa shape index (κ3) is 2.91. The summed E-state index contributed by atoms with van der Waals surface area (Å²) in [5, 5.41) is 0. The summed E-state index contributed by atoms with van der Waals surface area (Å²) in [6.45, 7) is 0. The summed E-state index contributed by atoms with van der Waals surface area (Å²) in [6.07, 6.45) is -3.67. The molecule has 0 aliphatic carbocycles. The second-order valence-electron chi connectivity index (χ2n) is 4.12. The second-order valence-corrected chi connectivity index (χ2v) is 6.12. The first-order valence-electron chi connectivity index (χ1n) is 5.38. The van der Waals surface area contributed by atoms with Crippen molar-refractivity contribution in [3.05, 3.63) is 33.8 Å². The largest absolute Gasteiger partial charge is 0.416 e. The van der Waals surface area contributed by atoms with Gasteiger partial charge in [-0.25, -0.2) is 0 Å². The lowest BCUT2D eigenvalue weighted by Gasteiger charge is -2.12. The first kappa shape index (κ1) is 13.9. The first-order chi connectivity index (χ1) is 8.39. The van der Waals surface area contributed by atoms with Gasteiger partial charge in [-0.1, -0.05) is 15.9 Å². The normalized spacial score (nSPS) is 20.1. The predicted octanol–water partition coefficient (Wildman–Crippen LogP) is 4.40. The Morgan fingerprint density at radius 2 is 2.11 bits per heavy atom. The van der Waals surface area contributed by atoms with Gasteiger partial charge in [0.2, 0.25) is 0 Å². The van der Waals surface area contributed by atoms with Crippen LogP contribution in [-0.4, -0.2) is 17.3 Å². The van der Waals surface area contributed by atoms with Gasteiger partial charge in [0, 0.05) is 21.7 Å². The van der Waals surface area contributed by atoms with Crippen LogP contribution >= 0.6 is 27.7 Å². The third-order valence-electron chi connectivity index (χ3n) is 2.86. The maximum atomic E-state index is 12.6. The highest BCUT2D eigenvalue weighted by molar-refractivity contribution is 9.10. The summed E-state index contributed by atoms with van der Waals surface area (Å²) in [5.41, 5.74) is -0.642. The van der Waals surface area contributed by atoms with Crippen molar-refractivity contribution in [2.45, 2.75) is 12.6 Å². The van der Waals surface area contributed by atoms with E-state index in [9.17, 15) is 18.0 Å². The van der Waals surface area contributed by atoms with E-state index in [1.165, 1.54) is 6.07 Å². The fourth-order valence-electron chi connectivity index (χ4n) is 1.85. The van der Waals surface area contributed by atoms with Crippen LogP contribution in [0.1, 0.15) is 22.3 Å². The lowest BCUT2D eigenvalue weighted by molar-refractivity contribution is -0.137. The Morgan fingerprint density at radius 1 is 1.39 bits per heavy atom. The lowest BCUT2D eigenvalue weighted by atomic mass is 9.96. The van der Waals surface area contributed by atoms with E-state index in [0.717, 1.165) is 24.3 Å². The number of ketones is 1. The van der Waals surface area contributed by atoms with Crippen LogP contribution in [0.15, 0.2) is 22.7 Å². The number of Topliss-reactive ketones (excluding diaryl/α,β-unsaturated/α-hetero) is 1. The fraction of sp³-hybridized carbons (Fsp3) is 0.417. The summed E-state index contributed by atoms with van der Waals surface area (Å²) in [5.74, 6) is 1.24. The molecule has 0 N–H and O–H groups in total. The molecule has 1 heterocycles. The smallest absolute Gasteiger partial charge is 0.294 e. The molecule has 0 saturated carbocycles. The van der Waals surface area contributed by atoms with Crippen molar-refractivity contribution in [1.82, 2.24) is 0 Å². The molecule has 2 rings (SSSR count). The maximum absolute atomic E-state index is 12.6. The average molecular weight is 339 g/mol. The molecule has 0 aromatic heterocycles. The third-order valence-corrected chi connectivity index (χ3v) is 4.71. The number of hydrogen-bond donors (Lipinski definition) is 0. The molecule has 1 aromatic carbocycles. The molecule has 0 amide bonds. The van der Waals surface area contributed by atoms with Crippen LogP contribution in [0, 0.1) is 5.92 Å². The van der Waals surface area contributed by atoms with Crippen LogP contribution in [0.4, 0.5) is 13.2 Å². The highest BCUT2D eigenvalue weighted by Crippen LogP contribution is 2.34. The second kappa shape index (κ2) is 5.25. The van der Waals surface area contributed by atoms with E-state index in [1.807, 2.05) is 0 Å². The van der Waals surface area contributed by atoms with Crippen LogP contribution < -0.4 is 0 Å². The van der Waals surface area contributed by atoms with Crippen molar-refractivity contribution in [2.24, 2.45) is 5.92 Å². The van der Waals surface area contributed by atoms with Gasteiger partial charge in [-0.2, -0.15) is 24.9 Å². The van der Waals surface area contributed by atoms with Gasteiger partial charge in [0.15, 0.2) is 5.78 Å². The zero-order valence-corrected chi connectivity index (χ0v) is 11.7. The molecule has 1 atom stereocenters. The lowest BCUT2D eigenvalue weighted by Crippen LogP contribution is -2.16. The van der Waals surface area contributed by atoms with Crippen molar-refractivity contribution < 1.29 is 18.0 Å². The molecule has 0 bridgehead atoms. The van der Waals surface area contributed by atoms with E-state index < -0.39 is 11.7 Å². The van der Waals surface area contributed by atoms with Crippen LogP contribution in [0.5, 0.6) is 0 Å². The minimum absolute atomic E-state index is 0.136. The van der Waals surface area contributed by atoms with Gasteiger partial charge in [0.05, 0.1) is 5.56 Å². The minimum Gasteiger partial charge on any atom is -0.294 e. The Hall–Kier alpha value is -0.490. The molecule has 0 spiro atoms. The Kier molecular flexibility index (Phi) is 4.06.